The first-order valence-corrected chi connectivity index (χ1v) is 10.8. The minimum Gasteiger partial charge on any atom is -0.497 e. The van der Waals surface area contributed by atoms with E-state index in [-0.39, 0.29) is 24.0 Å². The Hall–Kier alpha value is -3.72. The summed E-state index contributed by atoms with van der Waals surface area (Å²) >= 11 is 0. The number of carboxylic acids is 1. The Morgan fingerprint density at radius 2 is 1.74 bits per heavy atom. The number of hydrogen-bond donors (Lipinski definition) is 2. The second kappa shape index (κ2) is 11.1. The summed E-state index contributed by atoms with van der Waals surface area (Å²) in [5.74, 6) is -0.682. The molecule has 0 fully saturated rings. The van der Waals surface area contributed by atoms with E-state index in [0.717, 1.165) is 17.4 Å². The van der Waals surface area contributed by atoms with Crippen molar-refractivity contribution in [3.63, 3.8) is 0 Å². The number of aryl methyl sites for hydroxylation is 1. The molecule has 9 heteroatoms. The van der Waals surface area contributed by atoms with Gasteiger partial charge >= 0.3 is 12.3 Å². The number of carboxylic acid groups (broad SMARTS) is 1. The van der Waals surface area contributed by atoms with Gasteiger partial charge in [0.05, 0.1) is 12.7 Å². The zero-order valence-electron chi connectivity index (χ0n) is 19.5. The number of benzene rings is 3. The molecule has 0 spiro atoms. The third kappa shape index (κ3) is 7.38. The van der Waals surface area contributed by atoms with Gasteiger partial charge in [0, 0.05) is 18.7 Å². The Bertz CT molecular complexity index is 1180. The summed E-state index contributed by atoms with van der Waals surface area (Å²) < 4.78 is 53.7. The summed E-state index contributed by atoms with van der Waals surface area (Å²) in [6, 6.07) is 16.1. The monoisotopic (exact) mass is 489 g/mol. The molecule has 0 aliphatic rings. The van der Waals surface area contributed by atoms with Crippen molar-refractivity contribution >= 4 is 5.97 Å². The number of methoxy groups -OCH3 is 1. The van der Waals surface area contributed by atoms with Crippen LogP contribution in [0, 0.1) is 6.92 Å². The average molecular weight is 489 g/mol. The molecule has 1 atom stereocenters. The van der Waals surface area contributed by atoms with Crippen molar-refractivity contribution in [2.45, 2.75) is 26.3 Å². The summed E-state index contributed by atoms with van der Waals surface area (Å²) in [7, 11) is 1.59. The number of ether oxygens (including phenoxy) is 3. The molecule has 0 radical (unpaired) electrons. The van der Waals surface area contributed by atoms with Gasteiger partial charge in [0.15, 0.2) is 0 Å². The van der Waals surface area contributed by atoms with Crippen molar-refractivity contribution < 1.29 is 37.3 Å². The van der Waals surface area contributed by atoms with Crippen molar-refractivity contribution in [2.75, 3.05) is 20.3 Å². The largest absolute Gasteiger partial charge is 0.573 e. The summed E-state index contributed by atoms with van der Waals surface area (Å²) in [5, 5.41) is 12.7. The summed E-state index contributed by atoms with van der Waals surface area (Å²) in [6.45, 7) is 4.22. The topological polar surface area (TPSA) is 77.0 Å². The van der Waals surface area contributed by atoms with E-state index in [0.29, 0.717) is 23.2 Å². The lowest BCUT2D eigenvalue weighted by Gasteiger charge is -2.17. The van der Waals surface area contributed by atoms with E-state index in [9.17, 15) is 23.1 Å². The minimum absolute atomic E-state index is 0.00819. The van der Waals surface area contributed by atoms with Gasteiger partial charge in [-0.3, -0.25) is 0 Å². The van der Waals surface area contributed by atoms with Crippen LogP contribution in [0.25, 0.3) is 11.1 Å². The molecule has 0 heterocycles. The van der Waals surface area contributed by atoms with Crippen molar-refractivity contribution in [2.24, 2.45) is 0 Å². The first-order chi connectivity index (χ1) is 16.6. The maximum Gasteiger partial charge on any atom is 0.573 e. The molecule has 2 N–H and O–H groups in total. The zero-order chi connectivity index (χ0) is 25.6. The van der Waals surface area contributed by atoms with Crippen LogP contribution >= 0.6 is 0 Å². The van der Waals surface area contributed by atoms with Crippen LogP contribution in [0.2, 0.25) is 0 Å². The highest BCUT2D eigenvalue weighted by Crippen LogP contribution is 2.33. The van der Waals surface area contributed by atoms with E-state index in [2.05, 4.69) is 10.1 Å². The predicted molar refractivity (Wildman–Crippen MR) is 125 cm³/mol. The maximum atomic E-state index is 12.9. The van der Waals surface area contributed by atoms with E-state index in [4.69, 9.17) is 9.47 Å². The Kier molecular flexibility index (Phi) is 8.24. The van der Waals surface area contributed by atoms with Gasteiger partial charge in [-0.2, -0.15) is 0 Å². The molecule has 0 bridgehead atoms. The predicted octanol–water partition coefficient (Wildman–Crippen LogP) is 6.00. The molecular formula is C26H26F3NO5. The van der Waals surface area contributed by atoms with E-state index in [1.165, 1.54) is 12.1 Å². The van der Waals surface area contributed by atoms with Crippen LogP contribution in [0.5, 0.6) is 17.2 Å². The molecule has 0 unspecified atom stereocenters. The Morgan fingerprint density at radius 3 is 2.43 bits per heavy atom. The molecule has 0 aromatic heterocycles. The molecule has 0 saturated heterocycles. The third-order valence-electron chi connectivity index (χ3n) is 5.33. The number of aromatic carboxylic acids is 1. The van der Waals surface area contributed by atoms with Gasteiger partial charge in [0.2, 0.25) is 0 Å². The standard InChI is InChI=1S/C26H26F3NO5/c1-16-7-8-19(14-24(16)25(31)32)20-12-22(15-23(13-20)35-26(27,28)29)34-10-9-30-17(2)18-5-4-6-21(11-18)33-3/h4-8,11-15,17,30H,9-10H2,1-3H3,(H,31,32)/t17-/m1/s1. The van der Waals surface area contributed by atoms with Gasteiger partial charge in [-0.05, 0) is 66.4 Å². The molecule has 6 nitrogen and oxygen atoms in total. The molecule has 0 saturated carbocycles. The van der Waals surface area contributed by atoms with Crippen molar-refractivity contribution in [3.05, 3.63) is 77.4 Å². The minimum atomic E-state index is -4.89. The van der Waals surface area contributed by atoms with Gasteiger partial charge in [-0.15, -0.1) is 13.2 Å². The van der Waals surface area contributed by atoms with Crippen molar-refractivity contribution in [3.8, 4) is 28.4 Å². The third-order valence-corrected chi connectivity index (χ3v) is 5.33. The summed E-state index contributed by atoms with van der Waals surface area (Å²) in [5.41, 5.74) is 2.37. The number of halogens is 3. The SMILES string of the molecule is COc1cccc([C@@H](C)NCCOc2cc(OC(F)(F)F)cc(-c3ccc(C)c(C(=O)O)c3)c2)c1. The average Bonchev–Trinajstić information content (AvgIpc) is 2.80. The molecule has 0 aliphatic carbocycles. The highest BCUT2D eigenvalue weighted by Gasteiger charge is 2.31. The molecule has 3 aromatic rings. The van der Waals surface area contributed by atoms with Gasteiger partial charge in [0.1, 0.15) is 23.9 Å². The van der Waals surface area contributed by atoms with E-state index >= 15 is 0 Å². The summed E-state index contributed by atoms with van der Waals surface area (Å²) in [6.07, 6.45) is -4.89. The fourth-order valence-electron chi connectivity index (χ4n) is 3.52. The quantitative estimate of drug-likeness (QED) is 0.341. The van der Waals surface area contributed by atoms with Crippen LogP contribution in [-0.2, 0) is 0 Å². The maximum absolute atomic E-state index is 12.9. The number of rotatable bonds is 10. The number of nitrogens with one attached hydrogen (secondary N) is 1. The lowest BCUT2D eigenvalue weighted by molar-refractivity contribution is -0.274. The lowest BCUT2D eigenvalue weighted by atomic mass is 9.99. The Labute approximate surface area is 201 Å². The molecule has 0 aliphatic heterocycles. The fraction of sp³-hybridized carbons (Fsp3) is 0.269. The molecule has 3 aromatic carbocycles. The van der Waals surface area contributed by atoms with E-state index in [1.54, 1.807) is 32.2 Å². The van der Waals surface area contributed by atoms with Crippen LogP contribution in [0.3, 0.4) is 0 Å². The van der Waals surface area contributed by atoms with Gasteiger partial charge in [-0.1, -0.05) is 24.3 Å². The second-order valence-electron chi connectivity index (χ2n) is 7.88. The van der Waals surface area contributed by atoms with E-state index in [1.807, 2.05) is 31.2 Å². The second-order valence-corrected chi connectivity index (χ2v) is 7.88. The number of hydrogen-bond acceptors (Lipinski definition) is 5. The first-order valence-electron chi connectivity index (χ1n) is 10.8. The van der Waals surface area contributed by atoms with Crippen molar-refractivity contribution in [1.82, 2.24) is 5.32 Å². The fourth-order valence-corrected chi connectivity index (χ4v) is 3.52. The molecular weight excluding hydrogens is 463 g/mol. The number of alkyl halides is 3. The zero-order valence-corrected chi connectivity index (χ0v) is 19.5. The molecule has 3 rings (SSSR count). The number of carbonyl (C=O) groups is 1. The molecule has 35 heavy (non-hydrogen) atoms. The smallest absolute Gasteiger partial charge is 0.497 e. The van der Waals surface area contributed by atoms with Crippen LogP contribution in [-0.4, -0.2) is 37.7 Å². The normalized spacial score (nSPS) is 12.2. The van der Waals surface area contributed by atoms with Crippen LogP contribution in [0.4, 0.5) is 13.2 Å². The van der Waals surface area contributed by atoms with Gasteiger partial charge in [0.25, 0.3) is 0 Å². The van der Waals surface area contributed by atoms with Crippen LogP contribution in [0.15, 0.2) is 60.7 Å². The Morgan fingerprint density at radius 1 is 1.00 bits per heavy atom. The van der Waals surface area contributed by atoms with Gasteiger partial charge in [-0.25, -0.2) is 4.79 Å². The highest BCUT2D eigenvalue weighted by molar-refractivity contribution is 5.91. The van der Waals surface area contributed by atoms with E-state index < -0.39 is 18.1 Å². The lowest BCUT2D eigenvalue weighted by Crippen LogP contribution is -2.24. The summed E-state index contributed by atoms with van der Waals surface area (Å²) in [4.78, 5) is 11.5. The Balaban J connectivity index is 1.75. The molecule has 0 amide bonds. The molecule has 186 valence electrons. The van der Waals surface area contributed by atoms with Crippen LogP contribution in [0.1, 0.15) is 34.5 Å². The van der Waals surface area contributed by atoms with Crippen LogP contribution < -0.4 is 19.5 Å². The first kappa shape index (κ1) is 25.9. The van der Waals surface area contributed by atoms with Gasteiger partial charge < -0.3 is 24.6 Å². The van der Waals surface area contributed by atoms with Crippen molar-refractivity contribution in [1.29, 1.82) is 0 Å². The highest BCUT2D eigenvalue weighted by atomic mass is 19.4.